The van der Waals surface area contributed by atoms with Crippen LogP contribution in [-0.2, 0) is 0 Å². The van der Waals surface area contributed by atoms with Crippen molar-refractivity contribution in [2.45, 2.75) is 65.7 Å². The first kappa shape index (κ1) is 14.0. The van der Waals surface area contributed by atoms with Gasteiger partial charge in [-0.3, -0.25) is 0 Å². The minimum Gasteiger partial charge on any atom is -0.316 e. The molecule has 0 amide bonds. The summed E-state index contributed by atoms with van der Waals surface area (Å²) in [7, 11) is 0. The molecule has 0 heterocycles. The van der Waals surface area contributed by atoms with Crippen molar-refractivity contribution >= 4 is 0 Å². The fourth-order valence-corrected chi connectivity index (χ4v) is 2.96. The summed E-state index contributed by atoms with van der Waals surface area (Å²) in [6.07, 6.45) is 10.2. The average Bonchev–Trinajstić information content (AvgIpc) is 2.27. The first-order valence-electron chi connectivity index (χ1n) is 7.44. The number of hydrogen-bond donors (Lipinski definition) is 1. The predicted octanol–water partition coefficient (Wildman–Crippen LogP) is 4.23. The number of nitrogens with one attached hydrogen (secondary N) is 1. The Bertz CT molecular complexity index is 165. The standard InChI is InChI=1S/C15H31N/c1-4-5-8-14-9-6-7-10-15(14)12-16-11-13(2)3/h13-16H,4-12H2,1-3H3. The van der Waals surface area contributed by atoms with Crippen LogP contribution in [0.25, 0.3) is 0 Å². The minimum absolute atomic E-state index is 0.790. The van der Waals surface area contributed by atoms with Crippen LogP contribution >= 0.6 is 0 Å². The lowest BCUT2D eigenvalue weighted by molar-refractivity contribution is 0.212. The average molecular weight is 225 g/mol. The highest BCUT2D eigenvalue weighted by molar-refractivity contribution is 4.77. The smallest absolute Gasteiger partial charge is 0.00178 e. The summed E-state index contributed by atoms with van der Waals surface area (Å²) in [5.41, 5.74) is 0. The van der Waals surface area contributed by atoms with Gasteiger partial charge in [0.1, 0.15) is 0 Å². The van der Waals surface area contributed by atoms with E-state index >= 15 is 0 Å². The molecule has 0 radical (unpaired) electrons. The Morgan fingerprint density at radius 1 is 1.12 bits per heavy atom. The van der Waals surface area contributed by atoms with E-state index in [-0.39, 0.29) is 0 Å². The van der Waals surface area contributed by atoms with Gasteiger partial charge in [0.05, 0.1) is 0 Å². The summed E-state index contributed by atoms with van der Waals surface area (Å²) in [6.45, 7) is 9.36. The summed E-state index contributed by atoms with van der Waals surface area (Å²) in [5, 5.41) is 3.66. The molecule has 0 aliphatic heterocycles. The molecule has 0 bridgehead atoms. The summed E-state index contributed by atoms with van der Waals surface area (Å²) >= 11 is 0. The molecule has 1 aliphatic rings. The van der Waals surface area contributed by atoms with Crippen molar-refractivity contribution in [3.63, 3.8) is 0 Å². The maximum Gasteiger partial charge on any atom is -0.00178 e. The number of unbranched alkanes of at least 4 members (excludes halogenated alkanes) is 1. The van der Waals surface area contributed by atoms with Crippen LogP contribution in [0.1, 0.15) is 65.7 Å². The molecule has 0 spiro atoms. The van der Waals surface area contributed by atoms with E-state index in [1.54, 1.807) is 0 Å². The largest absolute Gasteiger partial charge is 0.316 e. The first-order chi connectivity index (χ1) is 7.74. The second-order valence-electron chi connectivity index (χ2n) is 6.00. The van der Waals surface area contributed by atoms with E-state index in [1.807, 2.05) is 0 Å². The van der Waals surface area contributed by atoms with Crippen molar-refractivity contribution in [3.8, 4) is 0 Å². The van der Waals surface area contributed by atoms with Crippen molar-refractivity contribution in [1.29, 1.82) is 0 Å². The molecule has 2 atom stereocenters. The zero-order valence-corrected chi connectivity index (χ0v) is 11.6. The van der Waals surface area contributed by atoms with Crippen molar-refractivity contribution in [2.24, 2.45) is 17.8 Å². The van der Waals surface area contributed by atoms with Gasteiger partial charge in [-0.25, -0.2) is 0 Å². The van der Waals surface area contributed by atoms with E-state index in [1.165, 1.54) is 58.0 Å². The highest BCUT2D eigenvalue weighted by Crippen LogP contribution is 2.33. The van der Waals surface area contributed by atoms with Crippen LogP contribution in [0.3, 0.4) is 0 Å². The Kier molecular flexibility index (Phi) is 7.11. The van der Waals surface area contributed by atoms with Crippen LogP contribution in [-0.4, -0.2) is 13.1 Å². The van der Waals surface area contributed by atoms with Crippen LogP contribution in [0.5, 0.6) is 0 Å². The van der Waals surface area contributed by atoms with E-state index < -0.39 is 0 Å². The molecule has 1 heteroatoms. The first-order valence-corrected chi connectivity index (χ1v) is 7.44. The third kappa shape index (κ3) is 5.34. The zero-order valence-electron chi connectivity index (χ0n) is 11.6. The van der Waals surface area contributed by atoms with Crippen molar-refractivity contribution in [2.75, 3.05) is 13.1 Å². The molecule has 2 unspecified atom stereocenters. The number of hydrogen-bond acceptors (Lipinski definition) is 1. The van der Waals surface area contributed by atoms with Gasteiger partial charge in [0, 0.05) is 0 Å². The number of rotatable bonds is 7. The molecule has 0 aromatic rings. The monoisotopic (exact) mass is 225 g/mol. The highest BCUT2D eigenvalue weighted by atomic mass is 14.9. The summed E-state index contributed by atoms with van der Waals surface area (Å²) < 4.78 is 0. The van der Waals surface area contributed by atoms with Crippen molar-refractivity contribution in [1.82, 2.24) is 5.32 Å². The molecule has 1 fully saturated rings. The molecular formula is C15H31N. The Labute approximate surface area is 102 Å². The maximum atomic E-state index is 3.66. The molecule has 1 N–H and O–H groups in total. The summed E-state index contributed by atoms with van der Waals surface area (Å²) in [4.78, 5) is 0. The van der Waals surface area contributed by atoms with Gasteiger partial charge < -0.3 is 5.32 Å². The lowest BCUT2D eigenvalue weighted by atomic mass is 9.76. The van der Waals surface area contributed by atoms with Crippen molar-refractivity contribution < 1.29 is 0 Å². The fraction of sp³-hybridized carbons (Fsp3) is 1.00. The van der Waals surface area contributed by atoms with E-state index in [0.717, 1.165) is 17.8 Å². The van der Waals surface area contributed by atoms with Gasteiger partial charge >= 0.3 is 0 Å². The van der Waals surface area contributed by atoms with Gasteiger partial charge in [0.25, 0.3) is 0 Å². The summed E-state index contributed by atoms with van der Waals surface area (Å²) in [6, 6.07) is 0. The molecule has 0 aromatic heterocycles. The van der Waals surface area contributed by atoms with Crippen LogP contribution in [0.4, 0.5) is 0 Å². The molecule has 1 aliphatic carbocycles. The van der Waals surface area contributed by atoms with Crippen LogP contribution in [0.15, 0.2) is 0 Å². The van der Waals surface area contributed by atoms with Gasteiger partial charge in [-0.2, -0.15) is 0 Å². The molecule has 96 valence electrons. The van der Waals surface area contributed by atoms with Gasteiger partial charge in [0.15, 0.2) is 0 Å². The predicted molar refractivity (Wildman–Crippen MR) is 72.7 cm³/mol. The Morgan fingerprint density at radius 2 is 1.81 bits per heavy atom. The molecule has 1 nitrogen and oxygen atoms in total. The fourth-order valence-electron chi connectivity index (χ4n) is 2.96. The van der Waals surface area contributed by atoms with Gasteiger partial charge in [0.2, 0.25) is 0 Å². The topological polar surface area (TPSA) is 12.0 Å². The Balaban J connectivity index is 2.23. The van der Waals surface area contributed by atoms with Crippen molar-refractivity contribution in [3.05, 3.63) is 0 Å². The van der Waals surface area contributed by atoms with E-state index in [9.17, 15) is 0 Å². The van der Waals surface area contributed by atoms with Gasteiger partial charge in [-0.05, 0) is 37.3 Å². The second kappa shape index (κ2) is 8.11. The zero-order chi connectivity index (χ0) is 11.8. The third-order valence-electron chi connectivity index (χ3n) is 3.95. The lowest BCUT2D eigenvalue weighted by Gasteiger charge is -2.32. The van der Waals surface area contributed by atoms with E-state index in [4.69, 9.17) is 0 Å². The quantitative estimate of drug-likeness (QED) is 0.684. The van der Waals surface area contributed by atoms with Gasteiger partial charge in [-0.1, -0.05) is 59.3 Å². The van der Waals surface area contributed by atoms with Crippen LogP contribution in [0.2, 0.25) is 0 Å². The second-order valence-corrected chi connectivity index (χ2v) is 6.00. The maximum absolute atomic E-state index is 3.66. The van der Waals surface area contributed by atoms with E-state index in [2.05, 4.69) is 26.1 Å². The molecule has 16 heavy (non-hydrogen) atoms. The summed E-state index contributed by atoms with van der Waals surface area (Å²) in [5.74, 6) is 2.78. The third-order valence-corrected chi connectivity index (χ3v) is 3.95. The molecule has 0 aromatic carbocycles. The molecule has 0 saturated heterocycles. The van der Waals surface area contributed by atoms with Gasteiger partial charge in [-0.15, -0.1) is 0 Å². The molecule has 1 rings (SSSR count). The lowest BCUT2D eigenvalue weighted by Crippen LogP contribution is -2.32. The Hall–Kier alpha value is -0.0400. The van der Waals surface area contributed by atoms with Crippen LogP contribution < -0.4 is 5.32 Å². The SMILES string of the molecule is CCCCC1CCCCC1CNCC(C)C. The molecular weight excluding hydrogens is 194 g/mol. The highest BCUT2D eigenvalue weighted by Gasteiger charge is 2.23. The normalized spacial score (nSPS) is 26.2. The molecule has 1 saturated carbocycles. The Morgan fingerprint density at radius 3 is 2.44 bits per heavy atom. The van der Waals surface area contributed by atoms with Crippen LogP contribution in [0, 0.1) is 17.8 Å². The minimum atomic E-state index is 0.790. The van der Waals surface area contributed by atoms with E-state index in [0.29, 0.717) is 0 Å².